The number of carbonyl (C=O) groups is 2. The summed E-state index contributed by atoms with van der Waals surface area (Å²) in [6, 6.07) is 24.0. The van der Waals surface area contributed by atoms with E-state index in [1.807, 2.05) is 47.0 Å². The molecule has 0 fully saturated rings. The van der Waals surface area contributed by atoms with E-state index in [0.29, 0.717) is 27.3 Å². The highest BCUT2D eigenvalue weighted by molar-refractivity contribution is 8.00. The molecule has 0 spiro atoms. The van der Waals surface area contributed by atoms with Crippen LogP contribution in [0.15, 0.2) is 84.0 Å². The molecule has 0 radical (unpaired) electrons. The first kappa shape index (κ1) is 22.8. The number of anilines is 1. The predicted molar refractivity (Wildman–Crippen MR) is 132 cm³/mol. The van der Waals surface area contributed by atoms with E-state index in [0.717, 1.165) is 11.3 Å². The van der Waals surface area contributed by atoms with E-state index in [4.69, 9.17) is 11.6 Å². The Labute approximate surface area is 201 Å². The summed E-state index contributed by atoms with van der Waals surface area (Å²) in [5, 5.41) is 12.4. The second-order valence-corrected chi connectivity index (χ2v) is 9.11. The first-order valence-corrected chi connectivity index (χ1v) is 11.5. The molecule has 0 saturated heterocycles. The standard InChI is InChI=1S/C25H21ClN4O2S/c1-16(31)19-9-6-10-21(15-19)27-24(32)17(2)33-25-29-28-23(18-7-4-3-5-8-18)30(25)22-13-11-20(26)12-14-22/h3-15,17H,1-2H3,(H,27,32). The van der Waals surface area contributed by atoms with Crippen molar-refractivity contribution in [1.29, 1.82) is 0 Å². The van der Waals surface area contributed by atoms with Gasteiger partial charge >= 0.3 is 0 Å². The van der Waals surface area contributed by atoms with Gasteiger partial charge in [0.25, 0.3) is 0 Å². The number of carbonyl (C=O) groups excluding carboxylic acids is 2. The second-order valence-electron chi connectivity index (χ2n) is 7.37. The van der Waals surface area contributed by atoms with Gasteiger partial charge in [-0.2, -0.15) is 0 Å². The summed E-state index contributed by atoms with van der Waals surface area (Å²) in [6.45, 7) is 3.30. The monoisotopic (exact) mass is 476 g/mol. The molecule has 0 aliphatic heterocycles. The maximum atomic E-state index is 12.9. The molecule has 8 heteroatoms. The lowest BCUT2D eigenvalue weighted by atomic mass is 10.1. The number of benzene rings is 3. The van der Waals surface area contributed by atoms with Crippen molar-refractivity contribution in [2.45, 2.75) is 24.3 Å². The molecule has 4 rings (SSSR count). The molecule has 3 aromatic carbocycles. The van der Waals surface area contributed by atoms with Gasteiger partial charge in [0.2, 0.25) is 5.91 Å². The van der Waals surface area contributed by atoms with E-state index in [2.05, 4.69) is 15.5 Å². The Hall–Kier alpha value is -3.42. The van der Waals surface area contributed by atoms with E-state index in [9.17, 15) is 9.59 Å². The van der Waals surface area contributed by atoms with Crippen LogP contribution in [0.2, 0.25) is 5.02 Å². The molecule has 1 heterocycles. The third kappa shape index (κ3) is 5.32. The van der Waals surface area contributed by atoms with Crippen LogP contribution in [0, 0.1) is 0 Å². The fraction of sp³-hybridized carbons (Fsp3) is 0.120. The summed E-state index contributed by atoms with van der Waals surface area (Å²) in [6.07, 6.45) is 0. The Morgan fingerprint density at radius 2 is 1.70 bits per heavy atom. The molecule has 1 atom stereocenters. The van der Waals surface area contributed by atoms with Gasteiger partial charge in [-0.05, 0) is 50.2 Å². The van der Waals surface area contributed by atoms with Crippen LogP contribution in [0.3, 0.4) is 0 Å². The van der Waals surface area contributed by atoms with Gasteiger partial charge in [-0.1, -0.05) is 65.8 Å². The number of hydrogen-bond acceptors (Lipinski definition) is 5. The third-order valence-electron chi connectivity index (χ3n) is 4.94. The molecule has 0 aliphatic rings. The fourth-order valence-corrected chi connectivity index (χ4v) is 4.21. The number of amides is 1. The quantitative estimate of drug-likeness (QED) is 0.265. The normalized spacial score (nSPS) is 11.7. The SMILES string of the molecule is CC(=O)c1cccc(NC(=O)C(C)Sc2nnc(-c3ccccc3)n2-c2ccc(Cl)cc2)c1. The molecule has 6 nitrogen and oxygen atoms in total. The largest absolute Gasteiger partial charge is 0.325 e. The molecular formula is C25H21ClN4O2S. The molecule has 1 unspecified atom stereocenters. The summed E-state index contributed by atoms with van der Waals surface area (Å²) in [4.78, 5) is 24.5. The molecule has 166 valence electrons. The average Bonchev–Trinajstić information content (AvgIpc) is 3.23. The summed E-state index contributed by atoms with van der Waals surface area (Å²) in [5.41, 5.74) is 2.87. The van der Waals surface area contributed by atoms with Crippen molar-refractivity contribution in [2.75, 3.05) is 5.32 Å². The van der Waals surface area contributed by atoms with Gasteiger partial charge < -0.3 is 5.32 Å². The number of ketones is 1. The number of thioether (sulfide) groups is 1. The van der Waals surface area contributed by atoms with Gasteiger partial charge in [0.05, 0.1) is 5.25 Å². The zero-order valence-corrected chi connectivity index (χ0v) is 19.6. The second kappa shape index (κ2) is 10.0. The highest BCUT2D eigenvalue weighted by Crippen LogP contribution is 2.31. The molecule has 0 bridgehead atoms. The van der Waals surface area contributed by atoms with Gasteiger partial charge in [0.1, 0.15) is 0 Å². The number of halogens is 1. The van der Waals surface area contributed by atoms with Crippen molar-refractivity contribution in [1.82, 2.24) is 14.8 Å². The zero-order valence-electron chi connectivity index (χ0n) is 18.0. The Kier molecular flexibility index (Phi) is 6.91. The van der Waals surface area contributed by atoms with Crippen LogP contribution in [-0.2, 0) is 4.79 Å². The van der Waals surface area contributed by atoms with E-state index in [1.165, 1.54) is 18.7 Å². The first-order chi connectivity index (χ1) is 15.9. The van der Waals surface area contributed by atoms with Crippen LogP contribution in [0.1, 0.15) is 24.2 Å². The highest BCUT2D eigenvalue weighted by Gasteiger charge is 2.22. The van der Waals surface area contributed by atoms with Gasteiger partial charge in [-0.3, -0.25) is 14.2 Å². The summed E-state index contributed by atoms with van der Waals surface area (Å²) in [7, 11) is 0. The van der Waals surface area contributed by atoms with Crippen LogP contribution in [-0.4, -0.2) is 31.7 Å². The van der Waals surface area contributed by atoms with Crippen molar-refractivity contribution in [3.63, 3.8) is 0 Å². The number of Topliss-reactive ketones (excluding diaryl/α,β-unsaturated/α-hetero) is 1. The Morgan fingerprint density at radius 3 is 2.39 bits per heavy atom. The molecule has 4 aromatic rings. The Bertz CT molecular complexity index is 1290. The van der Waals surface area contributed by atoms with E-state index in [-0.39, 0.29) is 11.7 Å². The lowest BCUT2D eigenvalue weighted by Gasteiger charge is -2.14. The minimum Gasteiger partial charge on any atom is -0.325 e. The van der Waals surface area contributed by atoms with Crippen LogP contribution < -0.4 is 5.32 Å². The van der Waals surface area contributed by atoms with Crippen molar-refractivity contribution >= 4 is 40.7 Å². The molecule has 1 amide bonds. The number of rotatable bonds is 7. The lowest BCUT2D eigenvalue weighted by molar-refractivity contribution is -0.115. The smallest absolute Gasteiger partial charge is 0.237 e. The zero-order chi connectivity index (χ0) is 23.4. The first-order valence-electron chi connectivity index (χ1n) is 10.3. The Morgan fingerprint density at radius 1 is 0.970 bits per heavy atom. The predicted octanol–water partition coefficient (Wildman–Crippen LogP) is 5.91. The topological polar surface area (TPSA) is 76.9 Å². The third-order valence-corrected chi connectivity index (χ3v) is 6.23. The van der Waals surface area contributed by atoms with Crippen molar-refractivity contribution < 1.29 is 9.59 Å². The molecule has 1 aromatic heterocycles. The number of aromatic nitrogens is 3. The number of hydrogen-bond donors (Lipinski definition) is 1. The van der Waals surface area contributed by atoms with Gasteiger partial charge in [-0.15, -0.1) is 10.2 Å². The van der Waals surface area contributed by atoms with Crippen LogP contribution in [0.5, 0.6) is 0 Å². The maximum Gasteiger partial charge on any atom is 0.237 e. The van der Waals surface area contributed by atoms with Crippen molar-refractivity contribution in [3.05, 3.63) is 89.4 Å². The van der Waals surface area contributed by atoms with Crippen LogP contribution in [0.25, 0.3) is 17.1 Å². The van der Waals surface area contributed by atoms with E-state index < -0.39 is 5.25 Å². The van der Waals surface area contributed by atoms with Crippen molar-refractivity contribution in [2.24, 2.45) is 0 Å². The van der Waals surface area contributed by atoms with Crippen LogP contribution >= 0.6 is 23.4 Å². The van der Waals surface area contributed by atoms with Crippen LogP contribution in [0.4, 0.5) is 5.69 Å². The molecule has 1 N–H and O–H groups in total. The summed E-state index contributed by atoms with van der Waals surface area (Å²) >= 11 is 7.38. The van der Waals surface area contributed by atoms with Gasteiger partial charge in [-0.25, -0.2) is 0 Å². The molecule has 0 saturated carbocycles. The number of nitrogens with one attached hydrogen (secondary N) is 1. The molecule has 33 heavy (non-hydrogen) atoms. The van der Waals surface area contributed by atoms with E-state index >= 15 is 0 Å². The minimum atomic E-state index is -0.468. The number of nitrogens with zero attached hydrogens (tertiary/aromatic N) is 3. The highest BCUT2D eigenvalue weighted by atomic mass is 35.5. The summed E-state index contributed by atoms with van der Waals surface area (Å²) < 4.78 is 1.91. The average molecular weight is 477 g/mol. The maximum absolute atomic E-state index is 12.9. The van der Waals surface area contributed by atoms with Crippen molar-refractivity contribution in [3.8, 4) is 17.1 Å². The Balaban J connectivity index is 1.61. The van der Waals surface area contributed by atoms with Gasteiger partial charge in [0.15, 0.2) is 16.8 Å². The summed E-state index contributed by atoms with van der Waals surface area (Å²) in [5.74, 6) is 0.410. The molecule has 0 aliphatic carbocycles. The van der Waals surface area contributed by atoms with Gasteiger partial charge in [0, 0.05) is 27.5 Å². The van der Waals surface area contributed by atoms with E-state index in [1.54, 1.807) is 43.3 Å². The minimum absolute atomic E-state index is 0.0574. The molecular weight excluding hydrogens is 456 g/mol. The fourth-order valence-electron chi connectivity index (χ4n) is 3.21. The lowest BCUT2D eigenvalue weighted by Crippen LogP contribution is -2.23.